The number of phenols is 1. The molecule has 1 aromatic carbocycles. The summed E-state index contributed by atoms with van der Waals surface area (Å²) < 4.78 is 4.74. The van der Waals surface area contributed by atoms with Crippen molar-refractivity contribution in [1.29, 1.82) is 0 Å². The Labute approximate surface area is 78.9 Å². The third-order valence-electron chi connectivity index (χ3n) is 1.69. The molecule has 0 amide bonds. The van der Waals surface area contributed by atoms with E-state index < -0.39 is 16.4 Å². The molecule has 0 heterocycles. The molecule has 0 radical (unpaired) electrons. The van der Waals surface area contributed by atoms with E-state index in [9.17, 15) is 20.0 Å². The number of aldehydes is 1. The number of benzene rings is 1. The van der Waals surface area contributed by atoms with Gasteiger partial charge in [0.05, 0.1) is 12.0 Å². The third-order valence-corrected chi connectivity index (χ3v) is 1.69. The van der Waals surface area contributed by atoms with Crippen molar-refractivity contribution in [3.05, 3.63) is 27.8 Å². The van der Waals surface area contributed by atoms with Crippen LogP contribution in [0.25, 0.3) is 0 Å². The summed E-state index contributed by atoms with van der Waals surface area (Å²) in [6.07, 6.45) is 0.307. The summed E-state index contributed by atoms with van der Waals surface area (Å²) in [5, 5.41) is 19.7. The first kappa shape index (κ1) is 9.97. The summed E-state index contributed by atoms with van der Waals surface area (Å²) in [5.74, 6) is -0.576. The second-order valence-corrected chi connectivity index (χ2v) is 2.42. The van der Waals surface area contributed by atoms with Crippen LogP contribution in [0.1, 0.15) is 10.4 Å². The molecule has 0 aliphatic carbocycles. The van der Waals surface area contributed by atoms with Gasteiger partial charge >= 0.3 is 5.69 Å². The van der Waals surface area contributed by atoms with Crippen molar-refractivity contribution < 1.29 is 19.6 Å². The van der Waals surface area contributed by atoms with Crippen LogP contribution in [-0.4, -0.2) is 23.4 Å². The lowest BCUT2D eigenvalue weighted by atomic mass is 10.1. The molecule has 0 unspecified atom stereocenters. The molecule has 74 valence electrons. The molecule has 6 heteroatoms. The van der Waals surface area contributed by atoms with E-state index >= 15 is 0 Å². The normalized spacial score (nSPS) is 9.50. The van der Waals surface area contributed by atoms with Crippen molar-refractivity contribution in [2.24, 2.45) is 0 Å². The first-order valence-corrected chi connectivity index (χ1v) is 3.61. The summed E-state index contributed by atoms with van der Waals surface area (Å²) in [5.41, 5.74) is -0.741. The van der Waals surface area contributed by atoms with Crippen molar-refractivity contribution in [2.75, 3.05) is 7.11 Å². The highest BCUT2D eigenvalue weighted by Gasteiger charge is 2.20. The predicted octanol–water partition coefficient (Wildman–Crippen LogP) is 1.12. The highest BCUT2D eigenvalue weighted by Crippen LogP contribution is 2.34. The van der Waals surface area contributed by atoms with Gasteiger partial charge in [0.2, 0.25) is 5.75 Å². The quantitative estimate of drug-likeness (QED) is 0.445. The van der Waals surface area contributed by atoms with Crippen LogP contribution in [0.5, 0.6) is 11.5 Å². The Kier molecular flexibility index (Phi) is 2.66. The van der Waals surface area contributed by atoms with Gasteiger partial charge in [-0.25, -0.2) is 0 Å². The number of nitro groups is 1. The van der Waals surface area contributed by atoms with Crippen molar-refractivity contribution in [3.8, 4) is 11.5 Å². The highest BCUT2D eigenvalue weighted by molar-refractivity contribution is 5.86. The molecule has 1 N–H and O–H groups in total. The number of aromatic hydroxyl groups is 1. The van der Waals surface area contributed by atoms with E-state index in [0.29, 0.717) is 6.29 Å². The summed E-state index contributed by atoms with van der Waals surface area (Å²) in [7, 11) is 1.30. The molecule has 0 fully saturated rings. The van der Waals surface area contributed by atoms with Crippen LogP contribution in [0.2, 0.25) is 0 Å². The van der Waals surface area contributed by atoms with Crippen LogP contribution < -0.4 is 4.74 Å². The lowest BCUT2D eigenvalue weighted by Crippen LogP contribution is -1.95. The summed E-state index contributed by atoms with van der Waals surface area (Å²) in [6.45, 7) is 0. The average Bonchev–Trinajstić information content (AvgIpc) is 2.16. The molecule has 0 aromatic heterocycles. The average molecular weight is 197 g/mol. The summed E-state index contributed by atoms with van der Waals surface area (Å²) in [4.78, 5) is 20.1. The predicted molar refractivity (Wildman–Crippen MR) is 46.7 cm³/mol. The molecule has 1 rings (SSSR count). The fourth-order valence-corrected chi connectivity index (χ4v) is 1.02. The number of nitro benzene ring substituents is 1. The van der Waals surface area contributed by atoms with E-state index in [1.165, 1.54) is 13.2 Å². The molecule has 0 saturated carbocycles. The molecule has 0 bridgehead atoms. The number of carbonyl (C=O) groups is 1. The van der Waals surface area contributed by atoms with Gasteiger partial charge in [-0.2, -0.15) is 0 Å². The lowest BCUT2D eigenvalue weighted by molar-refractivity contribution is -0.385. The van der Waals surface area contributed by atoms with E-state index in [0.717, 1.165) is 6.07 Å². The second-order valence-electron chi connectivity index (χ2n) is 2.42. The minimum atomic E-state index is -0.776. The Hall–Kier alpha value is -2.11. The molecule has 0 spiro atoms. The number of hydrogen-bond donors (Lipinski definition) is 1. The molecule has 0 atom stereocenters. The van der Waals surface area contributed by atoms with Gasteiger partial charge in [0.25, 0.3) is 0 Å². The minimum absolute atomic E-state index is 0.100. The zero-order valence-electron chi connectivity index (χ0n) is 7.26. The maximum absolute atomic E-state index is 10.5. The first-order chi connectivity index (χ1) is 6.61. The smallest absolute Gasteiger partial charge is 0.311 e. The Morgan fingerprint density at radius 3 is 2.64 bits per heavy atom. The SMILES string of the molecule is COc1ccc([N+](=O)[O-])c(O)c1C=O. The fraction of sp³-hybridized carbons (Fsp3) is 0.125. The Balaban J connectivity index is 3.42. The van der Waals surface area contributed by atoms with Gasteiger partial charge in [-0.05, 0) is 6.07 Å². The van der Waals surface area contributed by atoms with Gasteiger partial charge in [0, 0.05) is 6.07 Å². The maximum atomic E-state index is 10.5. The Morgan fingerprint density at radius 2 is 2.21 bits per heavy atom. The van der Waals surface area contributed by atoms with Crippen LogP contribution in [0.4, 0.5) is 5.69 Å². The molecule has 14 heavy (non-hydrogen) atoms. The monoisotopic (exact) mass is 197 g/mol. The van der Waals surface area contributed by atoms with Gasteiger partial charge in [-0.1, -0.05) is 0 Å². The Morgan fingerprint density at radius 1 is 1.57 bits per heavy atom. The van der Waals surface area contributed by atoms with Crippen LogP contribution in [0.3, 0.4) is 0 Å². The van der Waals surface area contributed by atoms with E-state index in [-0.39, 0.29) is 11.3 Å². The molecule has 1 aromatic rings. The fourth-order valence-electron chi connectivity index (χ4n) is 1.02. The molecule has 6 nitrogen and oxygen atoms in total. The maximum Gasteiger partial charge on any atom is 0.311 e. The van der Waals surface area contributed by atoms with Gasteiger partial charge in [0.15, 0.2) is 6.29 Å². The van der Waals surface area contributed by atoms with Crippen molar-refractivity contribution >= 4 is 12.0 Å². The van der Waals surface area contributed by atoms with E-state index in [1.807, 2.05) is 0 Å². The Bertz CT molecular complexity index is 388. The number of nitrogens with zero attached hydrogens (tertiary/aromatic N) is 1. The first-order valence-electron chi connectivity index (χ1n) is 3.61. The summed E-state index contributed by atoms with van der Waals surface area (Å²) >= 11 is 0. The minimum Gasteiger partial charge on any atom is -0.501 e. The lowest BCUT2D eigenvalue weighted by Gasteiger charge is -2.04. The van der Waals surface area contributed by atoms with E-state index in [2.05, 4.69) is 0 Å². The van der Waals surface area contributed by atoms with Gasteiger partial charge in [-0.3, -0.25) is 14.9 Å². The van der Waals surface area contributed by atoms with Gasteiger partial charge in [-0.15, -0.1) is 0 Å². The third kappa shape index (κ3) is 1.49. The number of rotatable bonds is 3. The zero-order chi connectivity index (χ0) is 10.7. The highest BCUT2D eigenvalue weighted by atomic mass is 16.6. The van der Waals surface area contributed by atoms with Gasteiger partial charge < -0.3 is 9.84 Å². The van der Waals surface area contributed by atoms with Crippen LogP contribution in [0, 0.1) is 10.1 Å². The molecule has 0 aliphatic rings. The van der Waals surface area contributed by atoms with Crippen molar-refractivity contribution in [2.45, 2.75) is 0 Å². The topological polar surface area (TPSA) is 89.7 Å². The number of hydrogen-bond acceptors (Lipinski definition) is 5. The number of ether oxygens (including phenoxy) is 1. The number of carbonyl (C=O) groups excluding carboxylic acids is 1. The second kappa shape index (κ2) is 3.73. The van der Waals surface area contributed by atoms with E-state index in [4.69, 9.17) is 4.74 Å². The molecular formula is C8H7NO5. The van der Waals surface area contributed by atoms with Crippen molar-refractivity contribution in [1.82, 2.24) is 0 Å². The van der Waals surface area contributed by atoms with Crippen LogP contribution in [-0.2, 0) is 0 Å². The standard InChI is InChI=1S/C8H7NO5/c1-14-7-3-2-6(9(12)13)8(11)5(7)4-10/h2-4,11H,1H3. The van der Waals surface area contributed by atoms with Crippen LogP contribution in [0.15, 0.2) is 12.1 Å². The molecular weight excluding hydrogens is 190 g/mol. The molecule has 0 saturated heterocycles. The van der Waals surface area contributed by atoms with Crippen LogP contribution >= 0.6 is 0 Å². The van der Waals surface area contributed by atoms with Gasteiger partial charge in [0.1, 0.15) is 11.3 Å². The zero-order valence-corrected chi connectivity index (χ0v) is 7.26. The molecule has 0 aliphatic heterocycles. The largest absolute Gasteiger partial charge is 0.501 e. The number of phenolic OH excluding ortho intramolecular Hbond substituents is 1. The summed E-state index contributed by atoms with van der Waals surface area (Å²) in [6, 6.07) is 2.32. The van der Waals surface area contributed by atoms with Crippen molar-refractivity contribution in [3.63, 3.8) is 0 Å². The van der Waals surface area contributed by atoms with E-state index in [1.54, 1.807) is 0 Å². The number of methoxy groups -OCH3 is 1.